The summed E-state index contributed by atoms with van der Waals surface area (Å²) in [6, 6.07) is 0. The van der Waals surface area contributed by atoms with Crippen LogP contribution in [0, 0.1) is 0 Å². The van der Waals surface area contributed by atoms with Gasteiger partial charge in [0.2, 0.25) is 0 Å². The molecule has 5 nitrogen and oxygen atoms in total. The van der Waals surface area contributed by atoms with Gasteiger partial charge in [-0.25, -0.2) is 0 Å². The lowest BCUT2D eigenvalue weighted by Crippen LogP contribution is -2.30. The smallest absolute Gasteiger partial charge is 0.306 e. The second-order valence-electron chi connectivity index (χ2n) is 17.0. The Kier molecular flexibility index (Phi) is 51.0. The summed E-state index contributed by atoms with van der Waals surface area (Å²) in [5.74, 6) is -0.466. The molecule has 0 aliphatic rings. The van der Waals surface area contributed by atoms with Crippen LogP contribution >= 0.6 is 0 Å². The molecule has 0 fully saturated rings. The zero-order valence-electron chi connectivity index (χ0n) is 41.8. The Bertz CT molecular complexity index is 1280. The van der Waals surface area contributed by atoms with Crippen molar-refractivity contribution in [1.29, 1.82) is 0 Å². The van der Waals surface area contributed by atoms with E-state index in [1.54, 1.807) is 0 Å². The van der Waals surface area contributed by atoms with Gasteiger partial charge in [-0.1, -0.05) is 214 Å². The topological polar surface area (TPSA) is 61.8 Å². The van der Waals surface area contributed by atoms with Crippen LogP contribution in [-0.4, -0.2) is 37.9 Å². The van der Waals surface area contributed by atoms with E-state index in [9.17, 15) is 9.59 Å². The molecule has 0 N–H and O–H groups in total. The number of allylic oxidation sites excluding steroid dienone is 17. The van der Waals surface area contributed by atoms with Gasteiger partial charge in [0.25, 0.3) is 0 Å². The molecule has 0 saturated carbocycles. The number of hydrogen-bond donors (Lipinski definition) is 0. The van der Waals surface area contributed by atoms with E-state index < -0.39 is 6.10 Å². The number of hydrogen-bond acceptors (Lipinski definition) is 5. The van der Waals surface area contributed by atoms with Crippen molar-refractivity contribution in [3.63, 3.8) is 0 Å². The van der Waals surface area contributed by atoms with Crippen molar-refractivity contribution in [1.82, 2.24) is 0 Å². The standard InChI is InChI=1S/C59H98O5/c1-4-7-10-13-16-19-22-25-28-30-32-34-37-40-43-46-49-52-58(60)63-56-57(55-62-54-51-48-45-42-39-36-33-29-26-23-20-17-14-11-8-5-2)64-59(61)53-50-47-44-41-38-35-31-27-24-21-18-15-12-9-6-3/h8-9,11-12,17-18,20-21,25-29,31,36,39,45,48,57H,4-7,10,13-16,19,22-24,30,32-35,37-38,40-44,46-47,49-56H2,1-3H3/b11-8-,12-9-,20-17-,21-18-,28-25-,29-26-,31-27-,39-36-,48-45-. The Labute approximate surface area is 395 Å². The molecule has 0 rings (SSSR count). The van der Waals surface area contributed by atoms with Gasteiger partial charge in [0.15, 0.2) is 6.10 Å². The van der Waals surface area contributed by atoms with E-state index in [-0.39, 0.29) is 25.2 Å². The first-order valence-electron chi connectivity index (χ1n) is 26.4. The van der Waals surface area contributed by atoms with E-state index in [1.165, 1.54) is 89.9 Å². The quantitative estimate of drug-likeness (QED) is 0.0346. The van der Waals surface area contributed by atoms with E-state index in [4.69, 9.17) is 14.2 Å². The summed E-state index contributed by atoms with van der Waals surface area (Å²) in [7, 11) is 0. The summed E-state index contributed by atoms with van der Waals surface area (Å²) >= 11 is 0. The first kappa shape index (κ1) is 60.6. The molecule has 0 aromatic heterocycles. The third-order valence-electron chi connectivity index (χ3n) is 10.8. The molecule has 1 unspecified atom stereocenters. The number of unbranched alkanes of at least 4 members (excludes halogenated alkanes) is 18. The molecule has 0 aliphatic carbocycles. The number of rotatable bonds is 47. The zero-order chi connectivity index (χ0) is 46.3. The molecule has 0 amide bonds. The molecule has 0 bridgehead atoms. The molecular weight excluding hydrogens is 789 g/mol. The van der Waals surface area contributed by atoms with Crippen molar-refractivity contribution < 1.29 is 23.8 Å². The van der Waals surface area contributed by atoms with Crippen LogP contribution in [0.3, 0.4) is 0 Å². The monoisotopic (exact) mass is 887 g/mol. The summed E-state index contributed by atoms with van der Waals surface area (Å²) < 4.78 is 17.3. The molecule has 0 saturated heterocycles. The highest BCUT2D eigenvalue weighted by atomic mass is 16.6. The van der Waals surface area contributed by atoms with E-state index >= 15 is 0 Å². The van der Waals surface area contributed by atoms with Crippen LogP contribution in [0.1, 0.15) is 226 Å². The van der Waals surface area contributed by atoms with Gasteiger partial charge in [-0.2, -0.15) is 0 Å². The third-order valence-corrected chi connectivity index (χ3v) is 10.8. The maximum Gasteiger partial charge on any atom is 0.306 e. The first-order chi connectivity index (χ1) is 31.6. The Morgan fingerprint density at radius 3 is 1.14 bits per heavy atom. The molecule has 0 radical (unpaired) electrons. The van der Waals surface area contributed by atoms with Gasteiger partial charge in [-0.05, 0) is 109 Å². The van der Waals surface area contributed by atoms with Crippen molar-refractivity contribution in [3.8, 4) is 0 Å². The predicted octanol–water partition coefficient (Wildman–Crippen LogP) is 18.0. The summed E-state index contributed by atoms with van der Waals surface area (Å²) in [4.78, 5) is 25.4. The molecule has 1 atom stereocenters. The maximum atomic E-state index is 12.8. The highest BCUT2D eigenvalue weighted by Gasteiger charge is 2.17. The lowest BCUT2D eigenvalue weighted by atomic mass is 10.1. The first-order valence-corrected chi connectivity index (χ1v) is 26.4. The van der Waals surface area contributed by atoms with Crippen LogP contribution in [0.2, 0.25) is 0 Å². The van der Waals surface area contributed by atoms with Crippen molar-refractivity contribution >= 4 is 11.9 Å². The average molecular weight is 887 g/mol. The van der Waals surface area contributed by atoms with Crippen LogP contribution in [0.25, 0.3) is 0 Å². The van der Waals surface area contributed by atoms with Gasteiger partial charge >= 0.3 is 11.9 Å². The molecule has 5 heteroatoms. The second kappa shape index (κ2) is 53.9. The fourth-order valence-electron chi connectivity index (χ4n) is 6.94. The van der Waals surface area contributed by atoms with Crippen molar-refractivity contribution in [3.05, 3.63) is 109 Å². The second-order valence-corrected chi connectivity index (χ2v) is 17.0. The average Bonchev–Trinajstić information content (AvgIpc) is 3.30. The minimum atomic E-state index is -0.593. The van der Waals surface area contributed by atoms with Gasteiger partial charge in [0.1, 0.15) is 6.61 Å². The van der Waals surface area contributed by atoms with Crippen molar-refractivity contribution in [2.75, 3.05) is 19.8 Å². The Hall–Kier alpha value is -3.44. The van der Waals surface area contributed by atoms with E-state index in [0.717, 1.165) is 103 Å². The molecule has 0 aliphatic heterocycles. The highest BCUT2D eigenvalue weighted by Crippen LogP contribution is 2.13. The fraction of sp³-hybridized carbons (Fsp3) is 0.661. The van der Waals surface area contributed by atoms with Crippen LogP contribution in [-0.2, 0) is 23.8 Å². The maximum absolute atomic E-state index is 12.8. The Morgan fingerprint density at radius 1 is 0.359 bits per heavy atom. The predicted molar refractivity (Wildman–Crippen MR) is 279 cm³/mol. The molecule has 0 heterocycles. The van der Waals surface area contributed by atoms with E-state index in [1.807, 2.05) is 0 Å². The number of carbonyl (C=O) groups excluding carboxylic acids is 2. The summed E-state index contributed by atoms with van der Waals surface area (Å²) in [5.41, 5.74) is 0. The van der Waals surface area contributed by atoms with Gasteiger partial charge in [-0.15, -0.1) is 0 Å². The Balaban J connectivity index is 4.42. The van der Waals surface area contributed by atoms with Gasteiger partial charge in [-0.3, -0.25) is 9.59 Å². The number of ether oxygens (including phenoxy) is 3. The molecule has 0 aromatic carbocycles. The van der Waals surface area contributed by atoms with Crippen molar-refractivity contribution in [2.24, 2.45) is 0 Å². The van der Waals surface area contributed by atoms with E-state index in [2.05, 4.69) is 130 Å². The normalized spacial score (nSPS) is 13.1. The third kappa shape index (κ3) is 51.2. The lowest BCUT2D eigenvalue weighted by molar-refractivity contribution is -0.162. The molecular formula is C59H98O5. The molecule has 64 heavy (non-hydrogen) atoms. The summed E-state index contributed by atoms with van der Waals surface area (Å²) in [5, 5.41) is 0. The molecule has 364 valence electrons. The molecule has 0 aromatic rings. The minimum Gasteiger partial charge on any atom is -0.462 e. The summed E-state index contributed by atoms with van der Waals surface area (Å²) in [6.45, 7) is 7.36. The van der Waals surface area contributed by atoms with E-state index in [0.29, 0.717) is 19.4 Å². The Morgan fingerprint density at radius 2 is 0.703 bits per heavy atom. The highest BCUT2D eigenvalue weighted by molar-refractivity contribution is 5.70. The van der Waals surface area contributed by atoms with Crippen LogP contribution in [0.5, 0.6) is 0 Å². The zero-order valence-corrected chi connectivity index (χ0v) is 41.8. The van der Waals surface area contributed by atoms with Crippen LogP contribution < -0.4 is 0 Å². The number of esters is 2. The number of carbonyl (C=O) groups is 2. The largest absolute Gasteiger partial charge is 0.462 e. The SMILES string of the molecule is CC/C=C\C/C=C\C/C=C\C/C=C\C/C=C\CCOCC(COC(=O)CCCCCCCCC/C=C\CCCCCCCC)OC(=O)CCCCCCC/C=C\C/C=C\C/C=C\CC. The lowest BCUT2D eigenvalue weighted by Gasteiger charge is -2.18. The molecule has 0 spiro atoms. The fourth-order valence-corrected chi connectivity index (χ4v) is 6.94. The minimum absolute atomic E-state index is 0.0405. The van der Waals surface area contributed by atoms with Crippen LogP contribution in [0.4, 0.5) is 0 Å². The van der Waals surface area contributed by atoms with Gasteiger partial charge in [0, 0.05) is 12.8 Å². The summed E-state index contributed by atoms with van der Waals surface area (Å²) in [6.07, 6.45) is 74.0. The van der Waals surface area contributed by atoms with Crippen LogP contribution in [0.15, 0.2) is 109 Å². The van der Waals surface area contributed by atoms with Crippen molar-refractivity contribution in [2.45, 2.75) is 232 Å². The van der Waals surface area contributed by atoms with Gasteiger partial charge in [0.05, 0.1) is 13.2 Å². The van der Waals surface area contributed by atoms with Gasteiger partial charge < -0.3 is 14.2 Å².